The monoisotopic (exact) mass is 434 g/mol. The summed E-state index contributed by atoms with van der Waals surface area (Å²) in [6.07, 6.45) is 0. The normalized spacial score (nSPS) is 10.2. The number of esters is 1. The second kappa shape index (κ2) is 10.2. The van der Waals surface area contributed by atoms with Gasteiger partial charge in [-0.25, -0.2) is 9.78 Å². The van der Waals surface area contributed by atoms with Crippen LogP contribution in [0.5, 0.6) is 0 Å². The van der Waals surface area contributed by atoms with Gasteiger partial charge < -0.3 is 15.0 Å². The van der Waals surface area contributed by atoms with Crippen molar-refractivity contribution in [2.45, 2.75) is 12.1 Å². The van der Waals surface area contributed by atoms with Gasteiger partial charge in [-0.2, -0.15) is 5.26 Å². The molecule has 0 aliphatic carbocycles. The Kier molecular flexibility index (Phi) is 7.19. The molecule has 0 saturated carbocycles. The molecule has 0 fully saturated rings. The number of H-pyrrole nitrogens is 1. The van der Waals surface area contributed by atoms with E-state index >= 15 is 0 Å². The fourth-order valence-corrected chi connectivity index (χ4v) is 3.33. The summed E-state index contributed by atoms with van der Waals surface area (Å²) >= 11 is 1.04. The first-order valence-electron chi connectivity index (χ1n) is 9.31. The van der Waals surface area contributed by atoms with E-state index < -0.39 is 11.5 Å². The predicted octanol–water partition coefficient (Wildman–Crippen LogP) is 3.22. The van der Waals surface area contributed by atoms with Gasteiger partial charge in [0.05, 0.1) is 23.6 Å². The molecule has 0 radical (unpaired) electrons. The van der Waals surface area contributed by atoms with Crippen molar-refractivity contribution in [1.82, 2.24) is 9.97 Å². The molecule has 1 aromatic heterocycles. The van der Waals surface area contributed by atoms with Crippen LogP contribution in [0.4, 0.5) is 5.69 Å². The van der Waals surface area contributed by atoms with Crippen LogP contribution >= 0.6 is 11.8 Å². The molecule has 2 aromatic carbocycles. The lowest BCUT2D eigenvalue weighted by Crippen LogP contribution is -2.17. The smallest absolute Gasteiger partial charge is 0.338 e. The minimum absolute atomic E-state index is 0.0112. The summed E-state index contributed by atoms with van der Waals surface area (Å²) in [6.45, 7) is 2.01. The van der Waals surface area contributed by atoms with E-state index in [0.29, 0.717) is 16.8 Å². The number of aromatic amines is 1. The van der Waals surface area contributed by atoms with Crippen LogP contribution in [0.3, 0.4) is 0 Å². The van der Waals surface area contributed by atoms with Crippen LogP contribution < -0.4 is 10.9 Å². The van der Waals surface area contributed by atoms with Gasteiger partial charge in [0.25, 0.3) is 5.56 Å². The van der Waals surface area contributed by atoms with Crippen LogP contribution in [-0.4, -0.2) is 34.2 Å². The van der Waals surface area contributed by atoms with Gasteiger partial charge in [-0.1, -0.05) is 42.1 Å². The molecule has 0 aliphatic rings. The number of nitriles is 1. The molecule has 0 bridgehead atoms. The van der Waals surface area contributed by atoms with E-state index in [1.165, 1.54) is 0 Å². The minimum Gasteiger partial charge on any atom is -0.462 e. The topological polar surface area (TPSA) is 125 Å². The van der Waals surface area contributed by atoms with E-state index in [-0.39, 0.29) is 34.7 Å². The van der Waals surface area contributed by atoms with E-state index in [0.717, 1.165) is 11.8 Å². The predicted molar refractivity (Wildman–Crippen MR) is 117 cm³/mol. The number of ether oxygens (including phenoxy) is 1. The summed E-state index contributed by atoms with van der Waals surface area (Å²) in [6, 6.07) is 17.1. The van der Waals surface area contributed by atoms with Crippen molar-refractivity contribution in [2.24, 2.45) is 0 Å². The Morgan fingerprint density at radius 1 is 1.16 bits per heavy atom. The van der Waals surface area contributed by atoms with Gasteiger partial charge in [0.15, 0.2) is 5.16 Å². The van der Waals surface area contributed by atoms with Gasteiger partial charge in [0, 0.05) is 11.3 Å². The van der Waals surface area contributed by atoms with Crippen molar-refractivity contribution in [1.29, 1.82) is 5.26 Å². The zero-order valence-corrected chi connectivity index (χ0v) is 17.4. The largest absolute Gasteiger partial charge is 0.462 e. The Labute approximate surface area is 182 Å². The molecule has 3 aromatic rings. The highest BCUT2D eigenvalue weighted by Gasteiger charge is 2.14. The van der Waals surface area contributed by atoms with Gasteiger partial charge in [0.1, 0.15) is 11.6 Å². The summed E-state index contributed by atoms with van der Waals surface area (Å²) in [7, 11) is 0. The molecule has 0 atom stereocenters. The highest BCUT2D eigenvalue weighted by Crippen LogP contribution is 2.22. The molecule has 31 heavy (non-hydrogen) atoms. The van der Waals surface area contributed by atoms with Crippen molar-refractivity contribution in [3.05, 3.63) is 76.1 Å². The molecule has 8 nitrogen and oxygen atoms in total. The summed E-state index contributed by atoms with van der Waals surface area (Å²) in [5, 5.41) is 12.2. The minimum atomic E-state index is -0.561. The Hall–Kier alpha value is -3.90. The summed E-state index contributed by atoms with van der Waals surface area (Å²) in [5.41, 5.74) is 1.17. The Bertz CT molecular complexity index is 1180. The molecule has 156 valence electrons. The molecule has 2 N–H and O–H groups in total. The lowest BCUT2D eigenvalue weighted by molar-refractivity contribution is -0.113. The first-order chi connectivity index (χ1) is 15.0. The van der Waals surface area contributed by atoms with Gasteiger partial charge in [-0.05, 0) is 31.2 Å². The standard InChI is InChI=1S/C22H18N4O4S/c1-2-30-21(29)15-8-10-16(11-9-15)24-18(27)13-31-22-25-19(14-6-4-3-5-7-14)17(12-23)20(28)26-22/h3-11H,2,13H2,1H3,(H,24,27)(H,25,26,28). The van der Waals surface area contributed by atoms with E-state index in [1.807, 2.05) is 12.1 Å². The van der Waals surface area contributed by atoms with Crippen molar-refractivity contribution in [3.63, 3.8) is 0 Å². The quantitative estimate of drug-likeness (QED) is 0.332. The first-order valence-corrected chi connectivity index (χ1v) is 10.3. The van der Waals surface area contributed by atoms with Crippen LogP contribution in [0.2, 0.25) is 0 Å². The fraction of sp³-hybridized carbons (Fsp3) is 0.136. The van der Waals surface area contributed by atoms with Crippen molar-refractivity contribution in [3.8, 4) is 17.3 Å². The molecular formula is C22H18N4O4S. The van der Waals surface area contributed by atoms with Crippen LogP contribution in [0.1, 0.15) is 22.8 Å². The number of hydrogen-bond acceptors (Lipinski definition) is 7. The number of carbonyl (C=O) groups is 2. The van der Waals surface area contributed by atoms with E-state index in [2.05, 4.69) is 15.3 Å². The number of nitrogens with one attached hydrogen (secondary N) is 2. The SMILES string of the molecule is CCOC(=O)c1ccc(NC(=O)CSc2nc(-c3ccccc3)c(C#N)c(=O)[nH]2)cc1. The van der Waals surface area contributed by atoms with E-state index in [9.17, 15) is 19.6 Å². The zero-order valence-electron chi connectivity index (χ0n) is 16.5. The van der Waals surface area contributed by atoms with E-state index in [4.69, 9.17) is 4.74 Å². The molecular weight excluding hydrogens is 416 g/mol. The van der Waals surface area contributed by atoms with Crippen LogP contribution in [0.15, 0.2) is 64.5 Å². The number of rotatable bonds is 7. The maximum atomic E-state index is 12.3. The number of hydrogen-bond donors (Lipinski definition) is 2. The van der Waals surface area contributed by atoms with Crippen LogP contribution in [0, 0.1) is 11.3 Å². The van der Waals surface area contributed by atoms with E-state index in [1.54, 1.807) is 55.5 Å². The first kappa shape index (κ1) is 21.8. The maximum absolute atomic E-state index is 12.3. The molecule has 0 aliphatic heterocycles. The Morgan fingerprint density at radius 3 is 2.52 bits per heavy atom. The summed E-state index contributed by atoms with van der Waals surface area (Å²) in [4.78, 5) is 43.1. The van der Waals surface area contributed by atoms with Crippen molar-refractivity contribution >= 4 is 29.3 Å². The number of benzene rings is 2. The van der Waals surface area contributed by atoms with Gasteiger partial charge in [-0.3, -0.25) is 9.59 Å². The van der Waals surface area contributed by atoms with Crippen LogP contribution in [-0.2, 0) is 9.53 Å². The lowest BCUT2D eigenvalue weighted by atomic mass is 10.1. The molecule has 1 amide bonds. The molecule has 1 heterocycles. The molecule has 9 heteroatoms. The Balaban J connectivity index is 1.68. The number of anilines is 1. The molecule has 3 rings (SSSR count). The third-order valence-electron chi connectivity index (χ3n) is 4.08. The molecule has 0 saturated heterocycles. The highest BCUT2D eigenvalue weighted by molar-refractivity contribution is 7.99. The van der Waals surface area contributed by atoms with Crippen LogP contribution in [0.25, 0.3) is 11.3 Å². The second-order valence-electron chi connectivity index (χ2n) is 6.21. The second-order valence-corrected chi connectivity index (χ2v) is 7.17. The fourth-order valence-electron chi connectivity index (χ4n) is 2.66. The maximum Gasteiger partial charge on any atom is 0.338 e. The zero-order chi connectivity index (χ0) is 22.2. The number of aromatic nitrogens is 2. The summed E-state index contributed by atoms with van der Waals surface area (Å²) in [5.74, 6) is -0.758. The number of thioether (sulfide) groups is 1. The number of amides is 1. The average Bonchev–Trinajstić information content (AvgIpc) is 2.78. The van der Waals surface area contributed by atoms with Crippen molar-refractivity contribution < 1.29 is 14.3 Å². The van der Waals surface area contributed by atoms with Crippen molar-refractivity contribution in [2.75, 3.05) is 17.7 Å². The lowest BCUT2D eigenvalue weighted by Gasteiger charge is -2.08. The third kappa shape index (κ3) is 5.58. The van der Waals surface area contributed by atoms with Gasteiger partial charge >= 0.3 is 5.97 Å². The highest BCUT2D eigenvalue weighted by atomic mass is 32.2. The summed E-state index contributed by atoms with van der Waals surface area (Å²) < 4.78 is 4.92. The number of nitrogens with zero attached hydrogens (tertiary/aromatic N) is 2. The molecule has 0 spiro atoms. The molecule has 0 unspecified atom stereocenters. The Morgan fingerprint density at radius 2 is 1.87 bits per heavy atom. The average molecular weight is 434 g/mol. The number of carbonyl (C=O) groups excluding carboxylic acids is 2. The van der Waals surface area contributed by atoms with Gasteiger partial charge in [0.2, 0.25) is 5.91 Å². The third-order valence-corrected chi connectivity index (χ3v) is 4.95. The van der Waals surface area contributed by atoms with Gasteiger partial charge in [-0.15, -0.1) is 0 Å².